The molecule has 0 aromatic heterocycles. The fourth-order valence-electron chi connectivity index (χ4n) is 0.453. The van der Waals surface area contributed by atoms with Gasteiger partial charge in [-0.2, -0.15) is 0 Å². The Kier molecular flexibility index (Phi) is 26.7. The summed E-state index contributed by atoms with van der Waals surface area (Å²) < 4.78 is 0. The smallest absolute Gasteiger partial charge is 1.00 e. The molecule has 1 rings (SSSR count). The Hall–Kier alpha value is 0.422. The van der Waals surface area contributed by atoms with Gasteiger partial charge in [-0.25, -0.2) is 0 Å². The first-order valence-corrected chi connectivity index (χ1v) is 2.20. The first-order chi connectivity index (χ1) is 3.39. The van der Waals surface area contributed by atoms with Crippen molar-refractivity contribution < 1.29 is 37.2 Å². The SMILES string of the molecule is Nc1ccccc1.[Al+3].[Cl-].[Cl-].[Cl-]. The molecule has 2 N–H and O–H groups in total. The van der Waals surface area contributed by atoms with E-state index in [0.717, 1.165) is 5.69 Å². The topological polar surface area (TPSA) is 26.0 Å². The second-order valence-electron chi connectivity index (χ2n) is 1.41. The van der Waals surface area contributed by atoms with Gasteiger partial charge in [-0.1, -0.05) is 18.2 Å². The Balaban J connectivity index is -0.0000000612. The monoisotopic (exact) mass is 225 g/mol. The summed E-state index contributed by atoms with van der Waals surface area (Å²) in [6.45, 7) is 0. The predicted molar refractivity (Wildman–Crippen MR) is 36.6 cm³/mol. The summed E-state index contributed by atoms with van der Waals surface area (Å²) in [4.78, 5) is 0. The zero-order valence-electron chi connectivity index (χ0n) is 5.68. The zero-order chi connectivity index (χ0) is 5.11. The van der Waals surface area contributed by atoms with Gasteiger partial charge < -0.3 is 43.0 Å². The maximum Gasteiger partial charge on any atom is 3.00 e. The van der Waals surface area contributed by atoms with Crippen molar-refractivity contribution in [3.63, 3.8) is 0 Å². The molecule has 0 aliphatic heterocycles. The molecule has 0 aliphatic carbocycles. The van der Waals surface area contributed by atoms with Crippen LogP contribution < -0.4 is 43.0 Å². The minimum Gasteiger partial charge on any atom is -1.00 e. The number of hydrogen-bond acceptors (Lipinski definition) is 1. The summed E-state index contributed by atoms with van der Waals surface area (Å²) in [5.41, 5.74) is 6.18. The van der Waals surface area contributed by atoms with Crippen molar-refractivity contribution in [3.8, 4) is 0 Å². The molecule has 0 radical (unpaired) electrons. The van der Waals surface area contributed by atoms with Gasteiger partial charge in [0.25, 0.3) is 0 Å². The van der Waals surface area contributed by atoms with Crippen molar-refractivity contribution in [1.29, 1.82) is 0 Å². The van der Waals surface area contributed by atoms with Crippen LogP contribution in [-0.2, 0) is 0 Å². The van der Waals surface area contributed by atoms with Crippen molar-refractivity contribution >= 4 is 23.0 Å². The molecule has 11 heavy (non-hydrogen) atoms. The quantitative estimate of drug-likeness (QED) is 0.345. The Morgan fingerprint density at radius 3 is 1.36 bits per heavy atom. The van der Waals surface area contributed by atoms with E-state index in [0.29, 0.717) is 0 Å². The van der Waals surface area contributed by atoms with Crippen molar-refractivity contribution in [2.24, 2.45) is 0 Å². The molecule has 0 atom stereocenters. The summed E-state index contributed by atoms with van der Waals surface area (Å²) in [6.07, 6.45) is 0. The van der Waals surface area contributed by atoms with Crippen LogP contribution in [0.3, 0.4) is 0 Å². The number of anilines is 1. The van der Waals surface area contributed by atoms with Crippen LogP contribution in [0.25, 0.3) is 0 Å². The van der Waals surface area contributed by atoms with Crippen LogP contribution in [0.5, 0.6) is 0 Å². The molecule has 0 amide bonds. The summed E-state index contributed by atoms with van der Waals surface area (Å²) >= 11 is 0. The van der Waals surface area contributed by atoms with E-state index in [9.17, 15) is 0 Å². The molecule has 0 aliphatic rings. The van der Waals surface area contributed by atoms with Gasteiger partial charge in [-0.15, -0.1) is 0 Å². The van der Waals surface area contributed by atoms with Gasteiger partial charge in [0.05, 0.1) is 0 Å². The standard InChI is InChI=1S/C6H7N.Al.3ClH/c7-6-4-2-1-3-5-6;;;;/h1-5H,7H2;;3*1H/q;+3;;;/p-3. The molecule has 1 aromatic rings. The molecule has 5 heteroatoms. The number of benzene rings is 1. The van der Waals surface area contributed by atoms with Crippen molar-refractivity contribution in [2.45, 2.75) is 0 Å². The summed E-state index contributed by atoms with van der Waals surface area (Å²) in [7, 11) is 0. The van der Waals surface area contributed by atoms with Crippen LogP contribution in [0.1, 0.15) is 0 Å². The number of nitrogens with two attached hydrogens (primary N) is 1. The van der Waals surface area contributed by atoms with Crippen LogP contribution in [0, 0.1) is 0 Å². The van der Waals surface area contributed by atoms with Crippen LogP contribution in [0.2, 0.25) is 0 Å². The summed E-state index contributed by atoms with van der Waals surface area (Å²) in [6, 6.07) is 9.49. The Bertz CT molecular complexity index is 148. The number of nitrogen functional groups attached to an aromatic ring is 1. The molecule has 0 bridgehead atoms. The minimum absolute atomic E-state index is 0. The predicted octanol–water partition coefficient (Wildman–Crippen LogP) is -8.10. The molecule has 1 aromatic carbocycles. The van der Waals surface area contributed by atoms with E-state index >= 15 is 0 Å². The molecular weight excluding hydrogens is 219 g/mol. The number of halogens is 3. The Labute approximate surface area is 96.1 Å². The summed E-state index contributed by atoms with van der Waals surface area (Å²) in [5, 5.41) is 0. The van der Waals surface area contributed by atoms with Crippen molar-refractivity contribution in [1.82, 2.24) is 0 Å². The van der Waals surface area contributed by atoms with Gasteiger partial charge in [-0.05, 0) is 12.1 Å². The maximum atomic E-state index is 5.36. The second kappa shape index (κ2) is 13.0. The minimum atomic E-state index is 0. The van der Waals surface area contributed by atoms with Crippen LogP contribution >= 0.6 is 0 Å². The van der Waals surface area contributed by atoms with E-state index in [1.807, 2.05) is 30.3 Å². The Morgan fingerprint density at radius 2 is 1.18 bits per heavy atom. The normalized spacial score (nSPS) is 5.45. The van der Waals surface area contributed by atoms with E-state index in [-0.39, 0.29) is 54.6 Å². The van der Waals surface area contributed by atoms with Gasteiger partial charge in [0.15, 0.2) is 0 Å². The first kappa shape index (κ1) is 22.5. The van der Waals surface area contributed by atoms with Gasteiger partial charge >= 0.3 is 17.4 Å². The van der Waals surface area contributed by atoms with Crippen LogP contribution in [-0.4, -0.2) is 17.4 Å². The number of para-hydroxylation sites is 1. The van der Waals surface area contributed by atoms with Gasteiger partial charge in [0, 0.05) is 5.69 Å². The van der Waals surface area contributed by atoms with Crippen molar-refractivity contribution in [3.05, 3.63) is 30.3 Å². The number of hydrogen-bond donors (Lipinski definition) is 1. The van der Waals surface area contributed by atoms with E-state index in [2.05, 4.69) is 0 Å². The Morgan fingerprint density at radius 1 is 0.818 bits per heavy atom. The average molecular weight is 226 g/mol. The maximum absolute atomic E-state index is 5.36. The third kappa shape index (κ3) is 10.4. The molecular formula is C6H7AlCl3N. The van der Waals surface area contributed by atoms with E-state index in [4.69, 9.17) is 5.73 Å². The molecule has 60 valence electrons. The third-order valence-corrected chi connectivity index (χ3v) is 0.800. The van der Waals surface area contributed by atoms with Gasteiger partial charge in [-0.3, -0.25) is 0 Å². The zero-order valence-corrected chi connectivity index (χ0v) is 9.10. The molecule has 0 saturated heterocycles. The van der Waals surface area contributed by atoms with E-state index in [1.54, 1.807) is 0 Å². The molecule has 0 saturated carbocycles. The van der Waals surface area contributed by atoms with Gasteiger partial charge in [0.1, 0.15) is 0 Å². The fourth-order valence-corrected chi connectivity index (χ4v) is 0.453. The average Bonchev–Trinajstić information content (AvgIpc) is 1.69. The van der Waals surface area contributed by atoms with Crippen molar-refractivity contribution in [2.75, 3.05) is 5.73 Å². The molecule has 0 heterocycles. The fraction of sp³-hybridized carbons (Fsp3) is 0. The second-order valence-corrected chi connectivity index (χ2v) is 1.41. The van der Waals surface area contributed by atoms with E-state index in [1.165, 1.54) is 0 Å². The molecule has 0 spiro atoms. The molecule has 0 unspecified atom stereocenters. The largest absolute Gasteiger partial charge is 3.00 e. The first-order valence-electron chi connectivity index (χ1n) is 2.20. The summed E-state index contributed by atoms with van der Waals surface area (Å²) in [5.74, 6) is 0. The van der Waals surface area contributed by atoms with Crippen LogP contribution in [0.15, 0.2) is 30.3 Å². The number of rotatable bonds is 0. The molecule has 0 fully saturated rings. The van der Waals surface area contributed by atoms with Gasteiger partial charge in [0.2, 0.25) is 0 Å². The third-order valence-electron chi connectivity index (χ3n) is 0.800. The van der Waals surface area contributed by atoms with Crippen LogP contribution in [0.4, 0.5) is 5.69 Å². The van der Waals surface area contributed by atoms with E-state index < -0.39 is 0 Å². The molecule has 1 nitrogen and oxygen atoms in total.